The van der Waals surface area contributed by atoms with E-state index in [1.165, 1.54) is 6.21 Å². The molecular formula is C32H31N3O5. The second-order valence-corrected chi connectivity index (χ2v) is 8.76. The number of ether oxygens (including phenoxy) is 3. The van der Waals surface area contributed by atoms with Crippen molar-refractivity contribution in [1.82, 2.24) is 5.43 Å². The minimum Gasteiger partial charge on any atom is -0.490 e. The van der Waals surface area contributed by atoms with Gasteiger partial charge in [0.1, 0.15) is 5.75 Å². The molecule has 0 spiro atoms. The van der Waals surface area contributed by atoms with Crippen LogP contribution in [0.2, 0.25) is 0 Å². The van der Waals surface area contributed by atoms with Gasteiger partial charge in [-0.3, -0.25) is 9.59 Å². The molecule has 0 aliphatic rings. The average Bonchev–Trinajstić information content (AvgIpc) is 2.98. The van der Waals surface area contributed by atoms with Crippen molar-refractivity contribution in [2.24, 2.45) is 5.10 Å². The first-order valence-corrected chi connectivity index (χ1v) is 12.9. The summed E-state index contributed by atoms with van der Waals surface area (Å²) in [7, 11) is 0. The van der Waals surface area contributed by atoms with Gasteiger partial charge < -0.3 is 19.5 Å². The lowest BCUT2D eigenvalue weighted by Crippen LogP contribution is -2.24. The Labute approximate surface area is 233 Å². The maximum Gasteiger partial charge on any atom is 0.277 e. The van der Waals surface area contributed by atoms with E-state index >= 15 is 0 Å². The summed E-state index contributed by atoms with van der Waals surface area (Å²) >= 11 is 0. The molecular weight excluding hydrogens is 506 g/mol. The molecule has 0 aliphatic carbocycles. The van der Waals surface area contributed by atoms with Crippen molar-refractivity contribution in [3.63, 3.8) is 0 Å². The van der Waals surface area contributed by atoms with E-state index in [-0.39, 0.29) is 19.1 Å². The number of hydrogen-bond donors (Lipinski definition) is 2. The first-order chi connectivity index (χ1) is 19.5. The summed E-state index contributed by atoms with van der Waals surface area (Å²) in [5.74, 6) is 0.800. The van der Waals surface area contributed by atoms with Gasteiger partial charge in [-0.2, -0.15) is 5.10 Å². The summed E-state index contributed by atoms with van der Waals surface area (Å²) < 4.78 is 16.9. The predicted molar refractivity (Wildman–Crippen MR) is 156 cm³/mol. The molecule has 4 aromatic carbocycles. The Balaban J connectivity index is 1.26. The summed E-state index contributed by atoms with van der Waals surface area (Å²) in [4.78, 5) is 24.5. The first-order valence-electron chi connectivity index (χ1n) is 12.9. The Morgan fingerprint density at radius 3 is 2.20 bits per heavy atom. The molecule has 0 bridgehead atoms. The Morgan fingerprint density at radius 2 is 1.45 bits per heavy atom. The smallest absolute Gasteiger partial charge is 0.277 e. The molecule has 4 aromatic rings. The van der Waals surface area contributed by atoms with Crippen LogP contribution >= 0.6 is 0 Å². The van der Waals surface area contributed by atoms with Crippen molar-refractivity contribution in [2.75, 3.05) is 25.1 Å². The number of nitrogens with one attached hydrogen (secondary N) is 2. The van der Waals surface area contributed by atoms with E-state index in [0.717, 1.165) is 22.4 Å². The average molecular weight is 538 g/mol. The van der Waals surface area contributed by atoms with Crippen LogP contribution in [0.25, 0.3) is 11.1 Å². The van der Waals surface area contributed by atoms with Crippen molar-refractivity contribution in [2.45, 2.75) is 13.8 Å². The number of anilines is 1. The van der Waals surface area contributed by atoms with E-state index in [0.29, 0.717) is 29.4 Å². The number of para-hydroxylation sites is 1. The normalized spacial score (nSPS) is 10.7. The van der Waals surface area contributed by atoms with Crippen molar-refractivity contribution in [3.05, 3.63) is 108 Å². The summed E-state index contributed by atoms with van der Waals surface area (Å²) in [5.41, 5.74) is 7.01. The summed E-state index contributed by atoms with van der Waals surface area (Å²) in [6.45, 7) is 3.83. The number of carbonyl (C=O) groups excluding carboxylic acids is 2. The maximum absolute atomic E-state index is 12.3. The van der Waals surface area contributed by atoms with E-state index in [2.05, 4.69) is 15.8 Å². The second kappa shape index (κ2) is 14.2. The Kier molecular flexibility index (Phi) is 9.88. The Morgan fingerprint density at radius 1 is 0.750 bits per heavy atom. The van der Waals surface area contributed by atoms with E-state index in [4.69, 9.17) is 14.2 Å². The van der Waals surface area contributed by atoms with E-state index < -0.39 is 5.91 Å². The van der Waals surface area contributed by atoms with Crippen LogP contribution in [-0.2, 0) is 9.59 Å². The van der Waals surface area contributed by atoms with Crippen LogP contribution in [0.3, 0.4) is 0 Å². The fraction of sp³-hybridized carbons (Fsp3) is 0.156. The lowest BCUT2D eigenvalue weighted by molar-refractivity contribution is -0.123. The fourth-order valence-electron chi connectivity index (χ4n) is 3.77. The van der Waals surface area contributed by atoms with Crippen LogP contribution in [0.1, 0.15) is 18.1 Å². The second-order valence-electron chi connectivity index (χ2n) is 8.76. The third-order valence-electron chi connectivity index (χ3n) is 5.78. The number of rotatable bonds is 12. The molecule has 8 nitrogen and oxygen atoms in total. The van der Waals surface area contributed by atoms with Gasteiger partial charge in [-0.15, -0.1) is 0 Å². The van der Waals surface area contributed by atoms with E-state index in [9.17, 15) is 9.59 Å². The molecule has 4 rings (SSSR count). The van der Waals surface area contributed by atoms with Crippen molar-refractivity contribution < 1.29 is 23.8 Å². The van der Waals surface area contributed by atoms with Gasteiger partial charge in [0.25, 0.3) is 11.8 Å². The Bertz CT molecular complexity index is 1450. The summed E-state index contributed by atoms with van der Waals surface area (Å²) in [5, 5.41) is 6.84. The molecule has 0 atom stereocenters. The van der Waals surface area contributed by atoms with Gasteiger partial charge >= 0.3 is 0 Å². The number of hydrogen-bond acceptors (Lipinski definition) is 6. The zero-order chi connectivity index (χ0) is 28.2. The zero-order valence-corrected chi connectivity index (χ0v) is 22.4. The van der Waals surface area contributed by atoms with Gasteiger partial charge in [-0.05, 0) is 72.5 Å². The molecule has 2 amide bonds. The minimum atomic E-state index is -0.395. The highest BCUT2D eigenvalue weighted by Gasteiger charge is 2.10. The molecule has 2 N–H and O–H groups in total. The van der Waals surface area contributed by atoms with Gasteiger partial charge in [-0.1, -0.05) is 60.7 Å². The minimum absolute atomic E-state index is 0.174. The molecule has 0 aliphatic heterocycles. The highest BCUT2D eigenvalue weighted by Crippen LogP contribution is 2.28. The van der Waals surface area contributed by atoms with Crippen LogP contribution in [0.4, 0.5) is 5.69 Å². The standard InChI is InChI=1S/C32H31N3O5/c1-3-38-30-19-24(13-18-29(30)40-21-31(36)34-28-12-8-7-9-23(28)2)20-33-35-32(37)22-39-27-16-14-26(15-17-27)25-10-5-4-6-11-25/h4-20H,3,21-22H2,1-2H3,(H,34,36)(H,35,37)/b33-20+. The number of aryl methyl sites for hydroxylation is 1. The van der Waals surface area contributed by atoms with E-state index in [1.54, 1.807) is 18.2 Å². The SMILES string of the molecule is CCOc1cc(/C=N/NC(=O)COc2ccc(-c3ccccc3)cc2)ccc1OCC(=O)Nc1ccccc1C. The first kappa shape index (κ1) is 27.9. The van der Waals surface area contributed by atoms with Crippen LogP contribution in [0, 0.1) is 6.92 Å². The number of nitrogens with zero attached hydrogens (tertiary/aromatic N) is 1. The molecule has 0 saturated carbocycles. The largest absolute Gasteiger partial charge is 0.490 e. The van der Waals surface area contributed by atoms with Gasteiger partial charge in [0.05, 0.1) is 12.8 Å². The number of benzene rings is 4. The number of carbonyl (C=O) groups is 2. The quantitative estimate of drug-likeness (QED) is 0.181. The third-order valence-corrected chi connectivity index (χ3v) is 5.78. The molecule has 40 heavy (non-hydrogen) atoms. The fourth-order valence-corrected chi connectivity index (χ4v) is 3.77. The van der Waals surface area contributed by atoms with E-state index in [1.807, 2.05) is 92.7 Å². The molecule has 0 radical (unpaired) electrons. The molecule has 0 heterocycles. The molecule has 8 heteroatoms. The number of amides is 2. The predicted octanol–water partition coefficient (Wildman–Crippen LogP) is 5.61. The van der Waals surface area contributed by atoms with Crippen LogP contribution in [0.15, 0.2) is 102 Å². The maximum atomic E-state index is 12.3. The summed E-state index contributed by atoms with van der Waals surface area (Å²) in [6, 6.07) is 30.2. The van der Waals surface area contributed by atoms with Gasteiger partial charge in [0.15, 0.2) is 24.7 Å². The zero-order valence-electron chi connectivity index (χ0n) is 22.4. The van der Waals surface area contributed by atoms with Gasteiger partial charge in [0, 0.05) is 5.69 Å². The topological polar surface area (TPSA) is 98.2 Å². The highest BCUT2D eigenvalue weighted by atomic mass is 16.5. The van der Waals surface area contributed by atoms with Crippen LogP contribution in [0.5, 0.6) is 17.2 Å². The third kappa shape index (κ3) is 8.19. The van der Waals surface area contributed by atoms with Gasteiger partial charge in [0.2, 0.25) is 0 Å². The molecule has 0 unspecified atom stereocenters. The van der Waals surface area contributed by atoms with Crippen molar-refractivity contribution in [1.29, 1.82) is 0 Å². The lowest BCUT2D eigenvalue weighted by Gasteiger charge is -2.13. The molecule has 0 aromatic heterocycles. The van der Waals surface area contributed by atoms with Crippen LogP contribution in [-0.4, -0.2) is 37.8 Å². The lowest BCUT2D eigenvalue weighted by atomic mass is 10.1. The summed E-state index contributed by atoms with van der Waals surface area (Å²) in [6.07, 6.45) is 1.49. The van der Waals surface area contributed by atoms with Crippen LogP contribution < -0.4 is 25.0 Å². The Hall–Kier alpha value is -5.11. The highest BCUT2D eigenvalue weighted by molar-refractivity contribution is 5.92. The molecule has 204 valence electrons. The number of hydrazone groups is 1. The molecule has 0 saturated heterocycles. The monoisotopic (exact) mass is 537 g/mol. The van der Waals surface area contributed by atoms with Crippen molar-refractivity contribution in [3.8, 4) is 28.4 Å². The molecule has 0 fully saturated rings. The van der Waals surface area contributed by atoms with Crippen molar-refractivity contribution >= 4 is 23.7 Å². The van der Waals surface area contributed by atoms with Gasteiger partial charge in [-0.25, -0.2) is 5.43 Å².